The summed E-state index contributed by atoms with van der Waals surface area (Å²) in [6, 6.07) is 17.2. The van der Waals surface area contributed by atoms with Crippen LogP contribution in [0.25, 0.3) is 22.2 Å². The number of benzene rings is 2. The molecule has 0 aliphatic carbocycles. The number of nitrogens with one attached hydrogen (secondary N) is 1. The van der Waals surface area contributed by atoms with E-state index in [-0.39, 0.29) is 18.9 Å². The SMILES string of the molecule is Nc1ncnc2c1c(-c1ccc(Oc3ccccc3)cc1)cn2CCC(=O)NCC(O)CO. The highest BCUT2D eigenvalue weighted by atomic mass is 16.5. The summed E-state index contributed by atoms with van der Waals surface area (Å²) in [6.07, 6.45) is 2.49. The number of hydrogen-bond donors (Lipinski definition) is 4. The maximum atomic E-state index is 12.1. The third-order valence-corrected chi connectivity index (χ3v) is 5.15. The maximum Gasteiger partial charge on any atom is 0.221 e. The van der Waals surface area contributed by atoms with Gasteiger partial charge in [0.2, 0.25) is 5.91 Å². The molecule has 4 rings (SSSR count). The Hall–Kier alpha value is -3.95. The average molecular weight is 447 g/mol. The lowest BCUT2D eigenvalue weighted by Gasteiger charge is -2.09. The van der Waals surface area contributed by atoms with Crippen molar-refractivity contribution in [3.8, 4) is 22.6 Å². The van der Waals surface area contributed by atoms with Crippen molar-refractivity contribution in [2.75, 3.05) is 18.9 Å². The number of aliphatic hydroxyl groups excluding tert-OH is 2. The number of nitrogens with two attached hydrogens (primary N) is 1. The molecule has 0 aliphatic rings. The van der Waals surface area contributed by atoms with Gasteiger partial charge in [0.25, 0.3) is 0 Å². The van der Waals surface area contributed by atoms with Gasteiger partial charge < -0.3 is 30.6 Å². The van der Waals surface area contributed by atoms with Crippen LogP contribution in [0.1, 0.15) is 6.42 Å². The Morgan fingerprint density at radius 2 is 1.82 bits per heavy atom. The summed E-state index contributed by atoms with van der Waals surface area (Å²) in [5.41, 5.74) is 8.57. The number of fused-ring (bicyclic) bond motifs is 1. The lowest BCUT2D eigenvalue weighted by molar-refractivity contribution is -0.121. The van der Waals surface area contributed by atoms with Crippen LogP contribution in [0.5, 0.6) is 11.5 Å². The molecule has 5 N–H and O–H groups in total. The van der Waals surface area contributed by atoms with Crippen LogP contribution in [-0.2, 0) is 11.3 Å². The fraction of sp³-hybridized carbons (Fsp3) is 0.208. The summed E-state index contributed by atoms with van der Waals surface area (Å²) in [7, 11) is 0. The van der Waals surface area contributed by atoms with E-state index in [1.54, 1.807) is 0 Å². The number of amides is 1. The highest BCUT2D eigenvalue weighted by Gasteiger charge is 2.16. The van der Waals surface area contributed by atoms with Gasteiger partial charge >= 0.3 is 0 Å². The van der Waals surface area contributed by atoms with Crippen molar-refractivity contribution in [1.82, 2.24) is 19.9 Å². The standard InChI is InChI=1S/C24H25N5O4/c25-23-22-20(16-6-8-19(9-7-16)33-18-4-2-1-3-5-18)13-29(24(22)28-15-27-23)11-10-21(32)26-12-17(31)14-30/h1-9,13,15,17,30-31H,10-12,14H2,(H,26,32)(H2,25,27,28). The smallest absolute Gasteiger partial charge is 0.221 e. The molecule has 0 radical (unpaired) electrons. The number of aliphatic hydroxyl groups is 2. The Kier molecular flexibility index (Phi) is 6.82. The second kappa shape index (κ2) is 10.1. The minimum absolute atomic E-state index is 0.000467. The van der Waals surface area contributed by atoms with E-state index in [4.69, 9.17) is 15.6 Å². The van der Waals surface area contributed by atoms with Crippen LogP contribution in [0.2, 0.25) is 0 Å². The van der Waals surface area contributed by atoms with Crippen molar-refractivity contribution in [3.05, 3.63) is 67.1 Å². The van der Waals surface area contributed by atoms with Gasteiger partial charge in [0.1, 0.15) is 29.3 Å². The number of aryl methyl sites for hydroxylation is 1. The van der Waals surface area contributed by atoms with E-state index < -0.39 is 12.7 Å². The largest absolute Gasteiger partial charge is 0.457 e. The average Bonchev–Trinajstić information content (AvgIpc) is 3.22. The fourth-order valence-electron chi connectivity index (χ4n) is 3.47. The van der Waals surface area contributed by atoms with Crippen molar-refractivity contribution in [3.63, 3.8) is 0 Å². The molecule has 2 aromatic carbocycles. The lowest BCUT2D eigenvalue weighted by atomic mass is 10.1. The van der Waals surface area contributed by atoms with Crippen LogP contribution >= 0.6 is 0 Å². The van der Waals surface area contributed by atoms with Crippen molar-refractivity contribution in [1.29, 1.82) is 0 Å². The summed E-state index contributed by atoms with van der Waals surface area (Å²) in [5.74, 6) is 1.58. The zero-order valence-electron chi connectivity index (χ0n) is 17.9. The van der Waals surface area contributed by atoms with Gasteiger partial charge in [-0.3, -0.25) is 4.79 Å². The van der Waals surface area contributed by atoms with E-state index in [9.17, 15) is 9.90 Å². The van der Waals surface area contributed by atoms with Crippen LogP contribution < -0.4 is 15.8 Å². The zero-order valence-corrected chi connectivity index (χ0v) is 17.9. The van der Waals surface area contributed by atoms with Crippen molar-refractivity contribution in [2.24, 2.45) is 0 Å². The van der Waals surface area contributed by atoms with E-state index in [2.05, 4.69) is 15.3 Å². The minimum atomic E-state index is -0.977. The first-order valence-electron chi connectivity index (χ1n) is 10.5. The number of para-hydroxylation sites is 1. The normalized spacial score (nSPS) is 11.9. The van der Waals surface area contributed by atoms with Gasteiger partial charge in [-0.15, -0.1) is 0 Å². The summed E-state index contributed by atoms with van der Waals surface area (Å²) >= 11 is 0. The highest BCUT2D eigenvalue weighted by molar-refractivity contribution is 6.00. The molecule has 0 fully saturated rings. The number of rotatable bonds is 9. The number of anilines is 1. The topological polar surface area (TPSA) is 136 Å². The monoisotopic (exact) mass is 447 g/mol. The molecule has 0 spiro atoms. The summed E-state index contributed by atoms with van der Waals surface area (Å²) in [4.78, 5) is 20.6. The number of nitrogens with zero attached hydrogens (tertiary/aromatic N) is 3. The van der Waals surface area contributed by atoms with Gasteiger partial charge in [-0.25, -0.2) is 9.97 Å². The first-order chi connectivity index (χ1) is 16.0. The van der Waals surface area contributed by atoms with Crippen LogP contribution in [-0.4, -0.2) is 49.9 Å². The molecule has 0 saturated heterocycles. The van der Waals surface area contributed by atoms with Gasteiger partial charge in [0.05, 0.1) is 18.1 Å². The third kappa shape index (κ3) is 5.28. The molecule has 170 valence electrons. The molecule has 4 aromatic rings. The van der Waals surface area contributed by atoms with Gasteiger partial charge in [-0.1, -0.05) is 30.3 Å². The fourth-order valence-corrected chi connectivity index (χ4v) is 3.47. The number of aromatic nitrogens is 3. The number of hydrogen-bond acceptors (Lipinski definition) is 7. The molecule has 0 bridgehead atoms. The molecular formula is C24H25N5O4. The van der Waals surface area contributed by atoms with Crippen molar-refractivity contribution >= 4 is 22.8 Å². The van der Waals surface area contributed by atoms with Gasteiger partial charge in [0.15, 0.2) is 0 Å². The number of carbonyl (C=O) groups excluding carboxylic acids is 1. The third-order valence-electron chi connectivity index (χ3n) is 5.15. The highest BCUT2D eigenvalue weighted by Crippen LogP contribution is 2.34. The predicted molar refractivity (Wildman–Crippen MR) is 125 cm³/mol. The summed E-state index contributed by atoms with van der Waals surface area (Å²) in [6.45, 7) is -0.0417. The second-order valence-electron chi connectivity index (χ2n) is 7.52. The molecule has 1 amide bonds. The molecule has 2 heterocycles. The number of nitrogen functional groups attached to an aromatic ring is 1. The first-order valence-corrected chi connectivity index (χ1v) is 10.5. The van der Waals surface area contributed by atoms with E-state index in [1.165, 1.54) is 6.33 Å². The van der Waals surface area contributed by atoms with E-state index >= 15 is 0 Å². The van der Waals surface area contributed by atoms with E-state index in [0.717, 1.165) is 16.9 Å². The number of ether oxygens (including phenoxy) is 1. The van der Waals surface area contributed by atoms with Crippen LogP contribution in [0.3, 0.4) is 0 Å². The van der Waals surface area contributed by atoms with Crippen molar-refractivity contribution < 1.29 is 19.7 Å². The van der Waals surface area contributed by atoms with Crippen LogP contribution in [0.4, 0.5) is 5.82 Å². The number of carbonyl (C=O) groups is 1. The predicted octanol–water partition coefficient (Wildman–Crippen LogP) is 2.33. The van der Waals surface area contributed by atoms with E-state index in [1.807, 2.05) is 65.4 Å². The Balaban J connectivity index is 1.55. The Morgan fingerprint density at radius 1 is 1.09 bits per heavy atom. The minimum Gasteiger partial charge on any atom is -0.457 e. The summed E-state index contributed by atoms with van der Waals surface area (Å²) < 4.78 is 7.73. The molecular weight excluding hydrogens is 422 g/mol. The van der Waals surface area contributed by atoms with Gasteiger partial charge in [0, 0.05) is 31.3 Å². The van der Waals surface area contributed by atoms with E-state index in [0.29, 0.717) is 29.1 Å². The van der Waals surface area contributed by atoms with Crippen LogP contribution in [0, 0.1) is 0 Å². The molecule has 0 aliphatic heterocycles. The first kappa shape index (κ1) is 22.3. The molecule has 0 saturated carbocycles. The molecule has 2 aromatic heterocycles. The summed E-state index contributed by atoms with van der Waals surface area (Å²) in [5, 5.41) is 21.6. The molecule has 33 heavy (non-hydrogen) atoms. The Bertz CT molecular complexity index is 1230. The molecule has 1 atom stereocenters. The Morgan fingerprint density at radius 3 is 2.55 bits per heavy atom. The van der Waals surface area contributed by atoms with Crippen LogP contribution in [0.15, 0.2) is 67.1 Å². The molecule has 9 nitrogen and oxygen atoms in total. The molecule has 1 unspecified atom stereocenters. The lowest BCUT2D eigenvalue weighted by Crippen LogP contribution is -2.34. The van der Waals surface area contributed by atoms with Crippen molar-refractivity contribution in [2.45, 2.75) is 19.1 Å². The second-order valence-corrected chi connectivity index (χ2v) is 7.52. The Labute approximate surface area is 190 Å². The quantitative estimate of drug-likeness (QED) is 0.309. The molecule has 9 heteroatoms. The maximum absolute atomic E-state index is 12.1. The zero-order chi connectivity index (χ0) is 23.2. The van der Waals surface area contributed by atoms with Gasteiger partial charge in [-0.05, 0) is 29.8 Å². The van der Waals surface area contributed by atoms with Gasteiger partial charge in [-0.2, -0.15) is 0 Å².